The predicted octanol–water partition coefficient (Wildman–Crippen LogP) is 6.03. The number of aromatic hydroxyl groups is 1. The molecular formula is C19H21N3O. The van der Waals surface area contributed by atoms with Gasteiger partial charge in [-0.3, -0.25) is 0 Å². The minimum atomic E-state index is 0.0509. The van der Waals surface area contributed by atoms with E-state index in [1.807, 2.05) is 38.1 Å². The lowest BCUT2D eigenvalue weighted by Crippen LogP contribution is -1.85. The zero-order valence-electron chi connectivity index (χ0n) is 13.9. The Morgan fingerprint density at radius 1 is 1.00 bits per heavy atom. The van der Waals surface area contributed by atoms with E-state index in [0.29, 0.717) is 11.6 Å². The number of azo groups is 1. The molecule has 0 saturated heterocycles. The third-order valence-electron chi connectivity index (χ3n) is 4.07. The molecule has 0 aliphatic heterocycles. The van der Waals surface area contributed by atoms with E-state index < -0.39 is 0 Å². The fraction of sp³-hybridized carbons (Fsp3) is 0.263. The lowest BCUT2D eigenvalue weighted by molar-refractivity contribution is 0.459. The molecule has 1 aromatic heterocycles. The van der Waals surface area contributed by atoms with E-state index in [-0.39, 0.29) is 5.88 Å². The average Bonchev–Trinajstić information content (AvgIpc) is 2.82. The van der Waals surface area contributed by atoms with Crippen molar-refractivity contribution in [2.24, 2.45) is 10.2 Å². The number of aromatic amines is 1. The minimum absolute atomic E-state index is 0.0509. The minimum Gasteiger partial charge on any atom is -0.493 e. The number of rotatable bonds is 3. The second-order valence-corrected chi connectivity index (χ2v) is 6.27. The van der Waals surface area contributed by atoms with E-state index in [2.05, 4.69) is 41.2 Å². The van der Waals surface area contributed by atoms with Gasteiger partial charge in [0.1, 0.15) is 0 Å². The molecular weight excluding hydrogens is 286 g/mol. The van der Waals surface area contributed by atoms with Crippen molar-refractivity contribution < 1.29 is 5.11 Å². The molecule has 0 spiro atoms. The van der Waals surface area contributed by atoms with Crippen molar-refractivity contribution in [3.63, 3.8) is 0 Å². The Hall–Kier alpha value is -2.62. The molecule has 4 heteroatoms. The summed E-state index contributed by atoms with van der Waals surface area (Å²) in [5.74, 6) is 0.468. The first-order valence-electron chi connectivity index (χ1n) is 7.79. The average molecular weight is 307 g/mol. The molecule has 0 aliphatic carbocycles. The Bertz CT molecular complexity index is 891. The molecule has 0 fully saturated rings. The van der Waals surface area contributed by atoms with E-state index in [1.54, 1.807) is 0 Å². The fourth-order valence-corrected chi connectivity index (χ4v) is 2.57. The van der Waals surface area contributed by atoms with Crippen molar-refractivity contribution in [3.8, 4) is 5.88 Å². The molecule has 1 heterocycles. The summed E-state index contributed by atoms with van der Waals surface area (Å²) in [6.45, 7) is 8.31. The number of nitrogens with one attached hydrogen (secondary N) is 1. The first-order valence-corrected chi connectivity index (χ1v) is 7.79. The summed E-state index contributed by atoms with van der Waals surface area (Å²) >= 11 is 0. The maximum Gasteiger partial charge on any atom is 0.218 e. The fourth-order valence-electron chi connectivity index (χ4n) is 2.57. The van der Waals surface area contributed by atoms with Crippen molar-refractivity contribution in [3.05, 3.63) is 53.1 Å². The quantitative estimate of drug-likeness (QED) is 0.570. The van der Waals surface area contributed by atoms with Gasteiger partial charge in [-0.25, -0.2) is 0 Å². The van der Waals surface area contributed by atoms with E-state index in [1.165, 1.54) is 5.56 Å². The number of nitrogens with zero attached hydrogens (tertiary/aromatic N) is 2. The van der Waals surface area contributed by atoms with Crippen LogP contribution in [0.25, 0.3) is 10.9 Å². The van der Waals surface area contributed by atoms with Gasteiger partial charge >= 0.3 is 0 Å². The molecule has 0 atom stereocenters. The summed E-state index contributed by atoms with van der Waals surface area (Å²) in [5.41, 5.74) is 5.57. The van der Waals surface area contributed by atoms with Crippen molar-refractivity contribution in [1.82, 2.24) is 4.98 Å². The Kier molecular flexibility index (Phi) is 3.90. The Morgan fingerprint density at radius 3 is 2.52 bits per heavy atom. The van der Waals surface area contributed by atoms with Crippen LogP contribution in [0.15, 0.2) is 46.6 Å². The molecule has 0 bridgehead atoms. The molecule has 0 aliphatic rings. The van der Waals surface area contributed by atoms with Crippen LogP contribution in [0.3, 0.4) is 0 Å². The standard InChI is InChI=1S/C19H21N3O/c1-11(2)14-7-8-16-15(10-14)18(19(23)20-16)22-21-17-9-12(3)5-6-13(17)4/h5-11,20,23H,1-4H3. The molecule has 23 heavy (non-hydrogen) atoms. The Morgan fingerprint density at radius 2 is 1.78 bits per heavy atom. The van der Waals surface area contributed by atoms with Gasteiger partial charge in [-0.1, -0.05) is 32.0 Å². The maximum atomic E-state index is 10.2. The van der Waals surface area contributed by atoms with Gasteiger partial charge in [0.25, 0.3) is 0 Å². The lowest BCUT2D eigenvalue weighted by atomic mass is 10.0. The van der Waals surface area contributed by atoms with E-state index >= 15 is 0 Å². The molecule has 3 rings (SSSR count). The monoisotopic (exact) mass is 307 g/mol. The van der Waals surface area contributed by atoms with Crippen LogP contribution >= 0.6 is 0 Å². The van der Waals surface area contributed by atoms with E-state index in [4.69, 9.17) is 0 Å². The molecule has 0 saturated carbocycles. The normalized spacial score (nSPS) is 11.9. The van der Waals surface area contributed by atoms with Crippen LogP contribution < -0.4 is 0 Å². The largest absolute Gasteiger partial charge is 0.493 e. The van der Waals surface area contributed by atoms with Crippen LogP contribution in [0, 0.1) is 13.8 Å². The third-order valence-corrected chi connectivity index (χ3v) is 4.07. The number of aromatic nitrogens is 1. The third kappa shape index (κ3) is 2.97. The highest BCUT2D eigenvalue weighted by molar-refractivity contribution is 5.94. The van der Waals surface area contributed by atoms with E-state index in [0.717, 1.165) is 27.7 Å². The van der Waals surface area contributed by atoms with Gasteiger partial charge < -0.3 is 10.1 Å². The molecule has 0 radical (unpaired) electrons. The number of benzene rings is 2. The summed E-state index contributed by atoms with van der Waals surface area (Å²) in [5, 5.41) is 19.7. The van der Waals surface area contributed by atoms with Crippen molar-refractivity contribution in [1.29, 1.82) is 0 Å². The Balaban J connectivity index is 2.08. The number of fused-ring (bicyclic) bond motifs is 1. The van der Waals surface area contributed by atoms with Crippen LogP contribution in [0.1, 0.15) is 36.5 Å². The number of hydrogen-bond acceptors (Lipinski definition) is 3. The van der Waals surface area contributed by atoms with Gasteiger partial charge in [-0.2, -0.15) is 5.11 Å². The second-order valence-electron chi connectivity index (χ2n) is 6.27. The topological polar surface area (TPSA) is 60.7 Å². The Labute approximate surface area is 135 Å². The number of H-pyrrole nitrogens is 1. The first kappa shape index (κ1) is 15.3. The zero-order chi connectivity index (χ0) is 16.6. The first-order chi connectivity index (χ1) is 11.0. The molecule has 2 aromatic carbocycles. The van der Waals surface area contributed by atoms with Gasteiger partial charge in [-0.05, 0) is 54.7 Å². The molecule has 0 amide bonds. The smallest absolute Gasteiger partial charge is 0.218 e. The highest BCUT2D eigenvalue weighted by Crippen LogP contribution is 2.38. The van der Waals surface area contributed by atoms with Gasteiger partial charge in [-0.15, -0.1) is 5.11 Å². The highest BCUT2D eigenvalue weighted by atomic mass is 16.3. The SMILES string of the molecule is Cc1ccc(C)c(N=Nc2c(O)[nH]c3ccc(C(C)C)cc23)c1. The van der Waals surface area contributed by atoms with Gasteiger partial charge in [0.2, 0.25) is 5.88 Å². The summed E-state index contributed by atoms with van der Waals surface area (Å²) in [6, 6.07) is 12.2. The van der Waals surface area contributed by atoms with Gasteiger partial charge in [0.05, 0.1) is 11.2 Å². The molecule has 118 valence electrons. The zero-order valence-corrected chi connectivity index (χ0v) is 13.9. The summed E-state index contributed by atoms with van der Waals surface area (Å²) < 4.78 is 0. The van der Waals surface area contributed by atoms with Crippen LogP contribution in [0.4, 0.5) is 11.4 Å². The maximum absolute atomic E-state index is 10.2. The second kappa shape index (κ2) is 5.88. The summed E-state index contributed by atoms with van der Waals surface area (Å²) in [7, 11) is 0. The molecule has 3 aromatic rings. The summed E-state index contributed by atoms with van der Waals surface area (Å²) in [4.78, 5) is 2.96. The van der Waals surface area contributed by atoms with Crippen molar-refractivity contribution in [2.75, 3.05) is 0 Å². The van der Waals surface area contributed by atoms with Gasteiger partial charge in [0, 0.05) is 5.39 Å². The number of hydrogen-bond donors (Lipinski definition) is 2. The van der Waals surface area contributed by atoms with Crippen LogP contribution in [0.5, 0.6) is 5.88 Å². The summed E-state index contributed by atoms with van der Waals surface area (Å²) in [6.07, 6.45) is 0. The van der Waals surface area contributed by atoms with Crippen LogP contribution in [0.2, 0.25) is 0 Å². The van der Waals surface area contributed by atoms with Crippen LogP contribution in [-0.2, 0) is 0 Å². The van der Waals surface area contributed by atoms with Crippen molar-refractivity contribution in [2.45, 2.75) is 33.6 Å². The molecule has 4 nitrogen and oxygen atoms in total. The predicted molar refractivity (Wildman–Crippen MR) is 94.1 cm³/mol. The highest BCUT2D eigenvalue weighted by Gasteiger charge is 2.12. The van der Waals surface area contributed by atoms with Gasteiger partial charge in [0.15, 0.2) is 5.69 Å². The van der Waals surface area contributed by atoms with Crippen molar-refractivity contribution >= 4 is 22.3 Å². The van der Waals surface area contributed by atoms with Crippen LogP contribution in [-0.4, -0.2) is 10.1 Å². The lowest BCUT2D eigenvalue weighted by Gasteiger charge is -2.04. The molecule has 0 unspecified atom stereocenters. The molecule has 2 N–H and O–H groups in total. The number of aryl methyl sites for hydroxylation is 2. The van der Waals surface area contributed by atoms with E-state index in [9.17, 15) is 5.11 Å².